The number of rotatable bonds is 2. The molecule has 1 N–H and O–H groups in total. The standard InChI is InChI=1S/C16H21NO2Si/c1-20(2,3)9-8-14-6-4-5-7-15(14)17-11-13(12-18)10-16(17)19/h4-7,13,18H,10-12H2,1-3H3. The Kier molecular flexibility index (Phi) is 4.31. The maximum Gasteiger partial charge on any atom is 0.227 e. The number of para-hydroxylation sites is 1. The van der Waals surface area contributed by atoms with E-state index in [9.17, 15) is 9.90 Å². The lowest BCUT2D eigenvalue weighted by Gasteiger charge is -2.18. The summed E-state index contributed by atoms with van der Waals surface area (Å²) in [5.74, 6) is 3.36. The summed E-state index contributed by atoms with van der Waals surface area (Å²) < 4.78 is 0. The molecule has 1 aliphatic heterocycles. The number of carbonyl (C=O) groups excluding carboxylic acids is 1. The monoisotopic (exact) mass is 287 g/mol. The van der Waals surface area contributed by atoms with Gasteiger partial charge in [-0.2, -0.15) is 0 Å². The molecule has 106 valence electrons. The molecule has 1 aromatic rings. The van der Waals surface area contributed by atoms with Crippen molar-refractivity contribution in [2.45, 2.75) is 26.1 Å². The van der Waals surface area contributed by atoms with Crippen molar-refractivity contribution in [3.05, 3.63) is 29.8 Å². The first-order valence-corrected chi connectivity index (χ1v) is 10.4. The van der Waals surface area contributed by atoms with E-state index in [0.29, 0.717) is 13.0 Å². The second-order valence-electron chi connectivity index (χ2n) is 6.27. The molecule has 3 nitrogen and oxygen atoms in total. The van der Waals surface area contributed by atoms with Crippen molar-refractivity contribution in [3.63, 3.8) is 0 Å². The summed E-state index contributed by atoms with van der Waals surface area (Å²) in [5, 5.41) is 9.23. The van der Waals surface area contributed by atoms with Crippen molar-refractivity contribution in [2.75, 3.05) is 18.1 Å². The number of hydrogen-bond acceptors (Lipinski definition) is 2. The van der Waals surface area contributed by atoms with Gasteiger partial charge in [0, 0.05) is 31.1 Å². The Morgan fingerprint density at radius 3 is 2.65 bits per heavy atom. The highest BCUT2D eigenvalue weighted by Crippen LogP contribution is 2.27. The maximum absolute atomic E-state index is 12.1. The minimum absolute atomic E-state index is 0.0421. The Morgan fingerprint density at radius 1 is 1.35 bits per heavy atom. The van der Waals surface area contributed by atoms with Crippen LogP contribution in [0.1, 0.15) is 12.0 Å². The predicted octanol–water partition coefficient (Wildman–Crippen LogP) is 2.26. The molecular weight excluding hydrogens is 266 g/mol. The number of nitrogens with zero attached hydrogens (tertiary/aromatic N) is 1. The Hall–Kier alpha value is -1.57. The highest BCUT2D eigenvalue weighted by atomic mass is 28.3. The van der Waals surface area contributed by atoms with Gasteiger partial charge in [0.1, 0.15) is 8.07 Å². The smallest absolute Gasteiger partial charge is 0.227 e. The Morgan fingerprint density at radius 2 is 2.05 bits per heavy atom. The SMILES string of the molecule is C[Si](C)(C)C#Cc1ccccc1N1CC(CO)CC1=O. The molecule has 0 aromatic heterocycles. The van der Waals surface area contributed by atoms with E-state index < -0.39 is 8.07 Å². The molecule has 0 aliphatic carbocycles. The first-order valence-electron chi connectivity index (χ1n) is 6.94. The highest BCUT2D eigenvalue weighted by molar-refractivity contribution is 6.83. The van der Waals surface area contributed by atoms with Gasteiger partial charge in [0.15, 0.2) is 0 Å². The number of aliphatic hydroxyl groups excluding tert-OH is 1. The largest absolute Gasteiger partial charge is 0.396 e. The average Bonchev–Trinajstić information content (AvgIpc) is 2.77. The second kappa shape index (κ2) is 5.82. The van der Waals surface area contributed by atoms with Crippen LogP contribution in [-0.2, 0) is 4.79 Å². The number of carbonyl (C=O) groups is 1. The molecule has 2 rings (SSSR count). The average molecular weight is 287 g/mol. The third-order valence-corrected chi connectivity index (χ3v) is 4.11. The molecular formula is C16H21NO2Si. The van der Waals surface area contributed by atoms with Crippen LogP contribution in [0.25, 0.3) is 0 Å². The van der Waals surface area contributed by atoms with E-state index in [1.807, 2.05) is 24.3 Å². The van der Waals surface area contributed by atoms with E-state index in [2.05, 4.69) is 31.1 Å². The Balaban J connectivity index is 2.33. The fraction of sp³-hybridized carbons (Fsp3) is 0.438. The number of aliphatic hydroxyl groups is 1. The molecule has 1 amide bonds. The van der Waals surface area contributed by atoms with Gasteiger partial charge < -0.3 is 10.0 Å². The molecule has 1 aromatic carbocycles. The zero-order chi connectivity index (χ0) is 14.8. The lowest BCUT2D eigenvalue weighted by molar-refractivity contribution is -0.117. The van der Waals surface area contributed by atoms with E-state index in [1.54, 1.807) is 4.90 Å². The van der Waals surface area contributed by atoms with Crippen LogP contribution in [0.5, 0.6) is 0 Å². The number of amides is 1. The summed E-state index contributed by atoms with van der Waals surface area (Å²) in [4.78, 5) is 13.8. The van der Waals surface area contributed by atoms with Crippen molar-refractivity contribution in [2.24, 2.45) is 5.92 Å². The minimum atomic E-state index is -1.44. The third kappa shape index (κ3) is 3.50. The zero-order valence-electron chi connectivity index (χ0n) is 12.3. The normalized spacial score (nSPS) is 18.9. The van der Waals surface area contributed by atoms with Gasteiger partial charge in [-0.05, 0) is 12.1 Å². The summed E-state index contributed by atoms with van der Waals surface area (Å²) in [6, 6.07) is 7.77. The van der Waals surface area contributed by atoms with Crippen molar-refractivity contribution < 1.29 is 9.90 Å². The van der Waals surface area contributed by atoms with Crippen molar-refractivity contribution in [1.82, 2.24) is 0 Å². The van der Waals surface area contributed by atoms with Gasteiger partial charge in [-0.15, -0.1) is 5.54 Å². The Bertz CT molecular complexity index is 566. The van der Waals surface area contributed by atoms with E-state index in [0.717, 1.165) is 11.3 Å². The van der Waals surface area contributed by atoms with E-state index >= 15 is 0 Å². The van der Waals surface area contributed by atoms with Crippen LogP contribution in [0.3, 0.4) is 0 Å². The van der Waals surface area contributed by atoms with E-state index in [1.165, 1.54) is 0 Å². The lowest BCUT2D eigenvalue weighted by atomic mass is 10.1. The fourth-order valence-electron chi connectivity index (χ4n) is 2.21. The summed E-state index contributed by atoms with van der Waals surface area (Å²) in [7, 11) is -1.44. The van der Waals surface area contributed by atoms with Crippen LogP contribution in [0.4, 0.5) is 5.69 Å². The molecule has 1 heterocycles. The van der Waals surface area contributed by atoms with E-state index in [-0.39, 0.29) is 18.4 Å². The summed E-state index contributed by atoms with van der Waals surface area (Å²) >= 11 is 0. The zero-order valence-corrected chi connectivity index (χ0v) is 13.3. The van der Waals surface area contributed by atoms with Gasteiger partial charge in [0.25, 0.3) is 0 Å². The molecule has 1 aliphatic rings. The molecule has 1 fully saturated rings. The van der Waals surface area contributed by atoms with Gasteiger partial charge >= 0.3 is 0 Å². The van der Waals surface area contributed by atoms with Crippen LogP contribution < -0.4 is 4.90 Å². The summed E-state index contributed by atoms with van der Waals surface area (Å²) in [5.41, 5.74) is 5.12. The first kappa shape index (κ1) is 14.8. The van der Waals surface area contributed by atoms with E-state index in [4.69, 9.17) is 0 Å². The third-order valence-electron chi connectivity index (χ3n) is 3.23. The van der Waals surface area contributed by atoms with Crippen molar-refractivity contribution >= 4 is 19.7 Å². The van der Waals surface area contributed by atoms with Gasteiger partial charge in [0.2, 0.25) is 5.91 Å². The molecule has 1 saturated heterocycles. The number of benzene rings is 1. The highest BCUT2D eigenvalue weighted by Gasteiger charge is 2.30. The molecule has 0 radical (unpaired) electrons. The number of hydrogen-bond donors (Lipinski definition) is 1. The first-order chi connectivity index (χ1) is 9.40. The van der Waals surface area contributed by atoms with Crippen LogP contribution >= 0.6 is 0 Å². The van der Waals surface area contributed by atoms with Crippen molar-refractivity contribution in [3.8, 4) is 11.5 Å². The van der Waals surface area contributed by atoms with Crippen LogP contribution in [0.15, 0.2) is 24.3 Å². The maximum atomic E-state index is 12.1. The van der Waals surface area contributed by atoms with Crippen LogP contribution in [-0.4, -0.2) is 32.2 Å². The summed E-state index contributed by atoms with van der Waals surface area (Å²) in [6.45, 7) is 7.24. The topological polar surface area (TPSA) is 40.5 Å². The molecule has 0 saturated carbocycles. The summed E-state index contributed by atoms with van der Waals surface area (Å²) in [6.07, 6.45) is 0.423. The fourth-order valence-corrected chi connectivity index (χ4v) is 2.72. The predicted molar refractivity (Wildman–Crippen MR) is 84.2 cm³/mol. The Labute approximate surface area is 121 Å². The van der Waals surface area contributed by atoms with Gasteiger partial charge in [-0.1, -0.05) is 37.7 Å². The molecule has 0 bridgehead atoms. The minimum Gasteiger partial charge on any atom is -0.396 e. The molecule has 0 spiro atoms. The van der Waals surface area contributed by atoms with Crippen molar-refractivity contribution in [1.29, 1.82) is 0 Å². The second-order valence-corrected chi connectivity index (χ2v) is 11.0. The van der Waals surface area contributed by atoms with Gasteiger partial charge in [0.05, 0.1) is 5.69 Å². The van der Waals surface area contributed by atoms with Crippen LogP contribution in [0, 0.1) is 17.4 Å². The number of anilines is 1. The molecule has 20 heavy (non-hydrogen) atoms. The van der Waals surface area contributed by atoms with Gasteiger partial charge in [-0.3, -0.25) is 4.79 Å². The molecule has 4 heteroatoms. The molecule has 1 unspecified atom stereocenters. The van der Waals surface area contributed by atoms with Crippen LogP contribution in [0.2, 0.25) is 19.6 Å². The van der Waals surface area contributed by atoms with Gasteiger partial charge in [-0.25, -0.2) is 0 Å². The lowest BCUT2D eigenvalue weighted by Crippen LogP contribution is -2.25. The quantitative estimate of drug-likeness (QED) is 0.669. The molecule has 1 atom stereocenters.